The molecule has 0 aliphatic heterocycles. The smallest absolute Gasteiger partial charge is 0.166 e. The van der Waals surface area contributed by atoms with Crippen LogP contribution in [0.5, 0.6) is 0 Å². The molecule has 0 unspecified atom stereocenters. The van der Waals surface area contributed by atoms with E-state index in [4.69, 9.17) is 16.7 Å². The summed E-state index contributed by atoms with van der Waals surface area (Å²) in [5.41, 5.74) is 2.08. The fourth-order valence-electron chi connectivity index (χ4n) is 2.39. The van der Waals surface area contributed by atoms with Gasteiger partial charge in [0.25, 0.3) is 0 Å². The van der Waals surface area contributed by atoms with Gasteiger partial charge < -0.3 is 9.67 Å². The third-order valence-corrected chi connectivity index (χ3v) is 3.54. The highest BCUT2D eigenvalue weighted by atomic mass is 35.5. The Bertz CT molecular complexity index is 778. The van der Waals surface area contributed by atoms with Crippen molar-refractivity contribution >= 4 is 22.5 Å². The summed E-state index contributed by atoms with van der Waals surface area (Å²) >= 11 is 5.87. The molecule has 1 N–H and O–H groups in total. The SMILES string of the molecule is Cc1cc2ccc(Cl)c(F)c2n1-c1cnn(CCO)c1. The lowest BCUT2D eigenvalue weighted by molar-refractivity contribution is 0.269. The first-order chi connectivity index (χ1) is 9.61. The molecule has 3 aromatic rings. The normalized spacial score (nSPS) is 11.4. The van der Waals surface area contributed by atoms with Crippen molar-refractivity contribution in [1.82, 2.24) is 14.3 Å². The molecule has 6 heteroatoms. The number of halogens is 2. The molecule has 0 saturated carbocycles. The number of nitrogens with zero attached hydrogens (tertiary/aromatic N) is 3. The summed E-state index contributed by atoms with van der Waals surface area (Å²) in [5, 5.41) is 14.0. The van der Waals surface area contributed by atoms with Gasteiger partial charge in [-0.1, -0.05) is 17.7 Å². The molecule has 1 aromatic carbocycles. The zero-order valence-corrected chi connectivity index (χ0v) is 11.6. The Kier molecular flexibility index (Phi) is 3.23. The van der Waals surface area contributed by atoms with Crippen LogP contribution in [0.15, 0.2) is 30.6 Å². The van der Waals surface area contributed by atoms with Crippen LogP contribution in [0.2, 0.25) is 5.02 Å². The molecule has 0 amide bonds. The van der Waals surface area contributed by atoms with Crippen LogP contribution in [0, 0.1) is 12.7 Å². The topological polar surface area (TPSA) is 43.0 Å². The predicted molar refractivity (Wildman–Crippen MR) is 75.9 cm³/mol. The van der Waals surface area contributed by atoms with Crippen molar-refractivity contribution in [1.29, 1.82) is 0 Å². The van der Waals surface area contributed by atoms with Gasteiger partial charge in [0.2, 0.25) is 0 Å². The van der Waals surface area contributed by atoms with Crippen LogP contribution < -0.4 is 0 Å². The van der Waals surface area contributed by atoms with Crippen LogP contribution in [-0.2, 0) is 6.54 Å². The van der Waals surface area contributed by atoms with Crippen molar-refractivity contribution in [3.63, 3.8) is 0 Å². The Morgan fingerprint density at radius 1 is 1.40 bits per heavy atom. The fraction of sp³-hybridized carbons (Fsp3) is 0.214. The number of aliphatic hydroxyl groups is 1. The highest BCUT2D eigenvalue weighted by Gasteiger charge is 2.15. The zero-order chi connectivity index (χ0) is 14.3. The standard InChI is InChI=1S/C14H13ClFN3O/c1-9-6-10-2-3-12(15)13(16)14(10)19(9)11-7-17-18(8-11)4-5-20/h2-3,6-8,20H,4-5H2,1H3. The Morgan fingerprint density at radius 3 is 2.95 bits per heavy atom. The van der Waals surface area contributed by atoms with Crippen LogP contribution in [0.4, 0.5) is 4.39 Å². The Morgan fingerprint density at radius 2 is 2.20 bits per heavy atom. The van der Waals surface area contributed by atoms with E-state index < -0.39 is 5.82 Å². The van der Waals surface area contributed by atoms with E-state index in [0.29, 0.717) is 12.1 Å². The first kappa shape index (κ1) is 13.1. The van der Waals surface area contributed by atoms with Gasteiger partial charge >= 0.3 is 0 Å². The second kappa shape index (κ2) is 4.92. The highest BCUT2D eigenvalue weighted by Crippen LogP contribution is 2.29. The second-order valence-electron chi connectivity index (χ2n) is 4.61. The number of aryl methyl sites for hydroxylation is 1. The van der Waals surface area contributed by atoms with Crippen molar-refractivity contribution in [2.75, 3.05) is 6.61 Å². The number of benzene rings is 1. The third kappa shape index (κ3) is 1.99. The maximum absolute atomic E-state index is 14.3. The summed E-state index contributed by atoms with van der Waals surface area (Å²) in [4.78, 5) is 0. The Labute approximate surface area is 120 Å². The predicted octanol–water partition coefficient (Wildman–Crippen LogP) is 2.92. The second-order valence-corrected chi connectivity index (χ2v) is 5.01. The molecular formula is C14H13ClFN3O. The van der Waals surface area contributed by atoms with E-state index in [2.05, 4.69) is 5.10 Å². The van der Waals surface area contributed by atoms with Crippen molar-refractivity contribution < 1.29 is 9.50 Å². The van der Waals surface area contributed by atoms with Crippen LogP contribution in [-0.4, -0.2) is 26.1 Å². The molecule has 104 valence electrons. The fourth-order valence-corrected chi connectivity index (χ4v) is 2.54. The quantitative estimate of drug-likeness (QED) is 0.807. The van der Waals surface area contributed by atoms with Crippen LogP contribution in [0.1, 0.15) is 5.69 Å². The molecular weight excluding hydrogens is 281 g/mol. The molecule has 2 aromatic heterocycles. The van der Waals surface area contributed by atoms with Gasteiger partial charge in [0, 0.05) is 17.3 Å². The number of aliphatic hydroxyl groups excluding tert-OH is 1. The molecule has 20 heavy (non-hydrogen) atoms. The molecule has 0 aliphatic rings. The molecule has 0 radical (unpaired) electrons. The van der Waals surface area contributed by atoms with Gasteiger partial charge in [-0.05, 0) is 19.1 Å². The summed E-state index contributed by atoms with van der Waals surface area (Å²) in [6.45, 7) is 2.31. The van der Waals surface area contributed by atoms with Gasteiger partial charge in [-0.15, -0.1) is 0 Å². The monoisotopic (exact) mass is 293 g/mol. The molecule has 4 nitrogen and oxygen atoms in total. The Balaban J connectivity index is 2.23. The van der Waals surface area contributed by atoms with Gasteiger partial charge in [0.15, 0.2) is 5.82 Å². The zero-order valence-electron chi connectivity index (χ0n) is 10.8. The van der Waals surface area contributed by atoms with E-state index >= 15 is 0 Å². The molecule has 0 spiro atoms. The minimum Gasteiger partial charge on any atom is -0.394 e. The van der Waals surface area contributed by atoms with Crippen LogP contribution in [0.25, 0.3) is 16.6 Å². The maximum Gasteiger partial charge on any atom is 0.166 e. The average molecular weight is 294 g/mol. The largest absolute Gasteiger partial charge is 0.394 e. The first-order valence-corrected chi connectivity index (χ1v) is 6.59. The first-order valence-electron chi connectivity index (χ1n) is 6.21. The number of rotatable bonds is 3. The molecule has 0 aliphatic carbocycles. The molecule has 0 bridgehead atoms. The number of hydrogen-bond acceptors (Lipinski definition) is 2. The van der Waals surface area contributed by atoms with E-state index in [-0.39, 0.29) is 11.6 Å². The summed E-state index contributed by atoms with van der Waals surface area (Å²) in [5.74, 6) is -0.438. The van der Waals surface area contributed by atoms with Crippen molar-refractivity contribution in [2.24, 2.45) is 0 Å². The van der Waals surface area contributed by atoms with Gasteiger partial charge in [-0.2, -0.15) is 5.10 Å². The molecule has 0 fully saturated rings. The van der Waals surface area contributed by atoms with Crippen LogP contribution >= 0.6 is 11.6 Å². The molecule has 2 heterocycles. The lowest BCUT2D eigenvalue weighted by Gasteiger charge is -2.06. The van der Waals surface area contributed by atoms with Gasteiger partial charge in [-0.3, -0.25) is 4.68 Å². The summed E-state index contributed by atoms with van der Waals surface area (Å²) in [7, 11) is 0. The number of aromatic nitrogens is 3. The third-order valence-electron chi connectivity index (χ3n) is 3.25. The molecule has 0 saturated heterocycles. The van der Waals surface area contributed by atoms with E-state index in [0.717, 1.165) is 16.8 Å². The van der Waals surface area contributed by atoms with E-state index in [1.54, 1.807) is 33.8 Å². The van der Waals surface area contributed by atoms with Gasteiger partial charge in [-0.25, -0.2) is 4.39 Å². The van der Waals surface area contributed by atoms with Crippen molar-refractivity contribution in [3.05, 3.63) is 47.1 Å². The molecule has 0 atom stereocenters. The minimum absolute atomic E-state index is 0.00666. The Hall–Kier alpha value is -1.85. The lowest BCUT2D eigenvalue weighted by atomic mass is 10.2. The van der Waals surface area contributed by atoms with Crippen molar-refractivity contribution in [2.45, 2.75) is 13.5 Å². The average Bonchev–Trinajstić information content (AvgIpc) is 2.98. The van der Waals surface area contributed by atoms with Crippen LogP contribution in [0.3, 0.4) is 0 Å². The summed E-state index contributed by atoms with van der Waals surface area (Å²) in [6.07, 6.45) is 3.41. The minimum atomic E-state index is -0.438. The van der Waals surface area contributed by atoms with Crippen molar-refractivity contribution in [3.8, 4) is 5.69 Å². The molecule has 3 rings (SSSR count). The number of hydrogen-bond donors (Lipinski definition) is 1. The van der Waals surface area contributed by atoms with Gasteiger partial charge in [0.05, 0.1) is 35.6 Å². The maximum atomic E-state index is 14.3. The number of fused-ring (bicyclic) bond motifs is 1. The van der Waals surface area contributed by atoms with E-state index in [9.17, 15) is 4.39 Å². The van der Waals surface area contributed by atoms with E-state index in [1.165, 1.54) is 0 Å². The highest BCUT2D eigenvalue weighted by molar-refractivity contribution is 6.31. The van der Waals surface area contributed by atoms with Gasteiger partial charge in [0.1, 0.15) is 0 Å². The summed E-state index contributed by atoms with van der Waals surface area (Å²) < 4.78 is 17.7. The summed E-state index contributed by atoms with van der Waals surface area (Å²) in [6, 6.07) is 5.25. The van der Waals surface area contributed by atoms with E-state index in [1.807, 2.05) is 13.0 Å². The lowest BCUT2D eigenvalue weighted by Crippen LogP contribution is -2.02.